The largest absolute Gasteiger partial charge is 0.342 e. The predicted molar refractivity (Wildman–Crippen MR) is 149 cm³/mol. The Bertz CT molecular complexity index is 1260. The lowest BCUT2D eigenvalue weighted by atomic mass is 9.93. The second-order valence-corrected chi connectivity index (χ2v) is 12.3. The topological polar surface area (TPSA) is 60.9 Å². The number of nitrogens with zero attached hydrogens (tertiary/aromatic N) is 3. The maximum Gasteiger partial charge on any atom is 0.228 e. The third kappa shape index (κ3) is 5.94. The van der Waals surface area contributed by atoms with E-state index in [1.165, 1.54) is 12.1 Å². The lowest BCUT2D eigenvalue weighted by molar-refractivity contribution is -0.142. The van der Waals surface area contributed by atoms with Crippen LogP contribution in [-0.2, 0) is 20.8 Å². The first-order chi connectivity index (χ1) is 18.6. The van der Waals surface area contributed by atoms with E-state index >= 15 is 0 Å². The van der Waals surface area contributed by atoms with Crippen LogP contribution in [0.3, 0.4) is 0 Å². The lowest BCUT2D eigenvalue weighted by Crippen LogP contribution is -2.46. The molecule has 2 saturated heterocycles. The Hall–Kier alpha value is -2.64. The molecule has 2 aromatic carbocycles. The summed E-state index contributed by atoms with van der Waals surface area (Å²) in [5.41, 5.74) is 1.45. The van der Waals surface area contributed by atoms with E-state index in [1.807, 2.05) is 28.9 Å². The minimum Gasteiger partial charge on any atom is -0.342 e. The first-order valence-corrected chi connectivity index (χ1v) is 14.3. The molecule has 9 heteroatoms. The fraction of sp³-hybridized carbons (Fsp3) is 0.500. The van der Waals surface area contributed by atoms with Gasteiger partial charge in [-0.3, -0.25) is 14.4 Å². The number of piperidine rings is 1. The van der Waals surface area contributed by atoms with Crippen LogP contribution in [0.4, 0.5) is 4.39 Å². The molecule has 3 amide bonds. The van der Waals surface area contributed by atoms with Gasteiger partial charge in [-0.1, -0.05) is 48.3 Å². The molecule has 39 heavy (non-hydrogen) atoms. The lowest BCUT2D eigenvalue weighted by Gasteiger charge is -2.34. The Morgan fingerprint density at radius 2 is 1.64 bits per heavy atom. The van der Waals surface area contributed by atoms with Gasteiger partial charge in [-0.05, 0) is 61.1 Å². The van der Waals surface area contributed by atoms with Crippen molar-refractivity contribution in [3.05, 3.63) is 69.5 Å². The van der Waals surface area contributed by atoms with Gasteiger partial charge < -0.3 is 14.7 Å². The van der Waals surface area contributed by atoms with E-state index in [0.717, 1.165) is 24.0 Å². The van der Waals surface area contributed by atoms with Gasteiger partial charge in [0.15, 0.2) is 0 Å². The van der Waals surface area contributed by atoms with Gasteiger partial charge in [0.2, 0.25) is 17.7 Å². The fourth-order valence-electron chi connectivity index (χ4n) is 5.89. The number of halogens is 3. The third-order valence-electron chi connectivity index (χ3n) is 8.78. The number of amides is 3. The molecule has 208 valence electrons. The average molecular weight is 575 g/mol. The van der Waals surface area contributed by atoms with Gasteiger partial charge in [-0.15, -0.1) is 0 Å². The molecule has 0 spiro atoms. The molecule has 2 heterocycles. The summed E-state index contributed by atoms with van der Waals surface area (Å²) in [6.07, 6.45) is 3.34. The van der Waals surface area contributed by atoms with Crippen molar-refractivity contribution >= 4 is 40.9 Å². The first-order valence-electron chi connectivity index (χ1n) is 13.6. The quantitative estimate of drug-likeness (QED) is 0.479. The summed E-state index contributed by atoms with van der Waals surface area (Å²) < 4.78 is 13.3. The molecule has 2 atom stereocenters. The highest BCUT2D eigenvalue weighted by atomic mass is 35.5. The average Bonchev–Trinajstić information content (AvgIpc) is 3.53. The van der Waals surface area contributed by atoms with E-state index in [1.54, 1.807) is 30.1 Å². The van der Waals surface area contributed by atoms with Crippen LogP contribution < -0.4 is 0 Å². The van der Waals surface area contributed by atoms with Crippen molar-refractivity contribution < 1.29 is 18.8 Å². The number of carbonyl (C=O) groups excluding carboxylic acids is 3. The van der Waals surface area contributed by atoms with Crippen molar-refractivity contribution in [3.8, 4) is 0 Å². The number of benzene rings is 2. The molecule has 0 N–H and O–H groups in total. The molecular formula is C30H34Cl2FN3O3. The van der Waals surface area contributed by atoms with Gasteiger partial charge in [0.25, 0.3) is 0 Å². The zero-order valence-electron chi connectivity index (χ0n) is 22.3. The van der Waals surface area contributed by atoms with Gasteiger partial charge in [-0.25, -0.2) is 4.39 Å². The zero-order chi connectivity index (χ0) is 27.9. The summed E-state index contributed by atoms with van der Waals surface area (Å²) in [4.78, 5) is 45.2. The molecule has 5 rings (SSSR count). The minimum atomic E-state index is -0.346. The van der Waals surface area contributed by atoms with E-state index in [0.29, 0.717) is 49.1 Å². The Morgan fingerprint density at radius 3 is 2.26 bits per heavy atom. The molecule has 0 aromatic heterocycles. The highest BCUT2D eigenvalue weighted by Crippen LogP contribution is 2.47. The van der Waals surface area contributed by atoms with Crippen molar-refractivity contribution in [2.45, 2.75) is 51.0 Å². The van der Waals surface area contributed by atoms with Gasteiger partial charge in [-0.2, -0.15) is 0 Å². The van der Waals surface area contributed by atoms with E-state index in [4.69, 9.17) is 23.2 Å². The molecule has 0 bridgehead atoms. The molecule has 3 aliphatic rings. The highest BCUT2D eigenvalue weighted by molar-refractivity contribution is 6.42. The van der Waals surface area contributed by atoms with Gasteiger partial charge >= 0.3 is 0 Å². The van der Waals surface area contributed by atoms with Crippen LogP contribution in [0.5, 0.6) is 0 Å². The number of hydrogen-bond donors (Lipinski definition) is 0. The maximum atomic E-state index is 13.7. The van der Waals surface area contributed by atoms with Crippen LogP contribution in [0.2, 0.25) is 10.0 Å². The molecule has 6 nitrogen and oxygen atoms in total. The van der Waals surface area contributed by atoms with E-state index < -0.39 is 0 Å². The summed E-state index contributed by atoms with van der Waals surface area (Å²) >= 11 is 12.5. The second-order valence-electron chi connectivity index (χ2n) is 11.5. The van der Waals surface area contributed by atoms with Crippen LogP contribution in [0.1, 0.15) is 49.7 Å². The van der Waals surface area contributed by atoms with Crippen LogP contribution in [-0.4, -0.2) is 71.7 Å². The van der Waals surface area contributed by atoms with Gasteiger partial charge in [0.1, 0.15) is 5.82 Å². The Kier molecular flexibility index (Phi) is 7.93. The molecule has 3 fully saturated rings. The van der Waals surface area contributed by atoms with Crippen molar-refractivity contribution in [2.75, 3.05) is 33.2 Å². The molecule has 1 aliphatic carbocycles. The third-order valence-corrected chi connectivity index (χ3v) is 9.52. The van der Waals surface area contributed by atoms with Crippen LogP contribution >= 0.6 is 23.2 Å². The molecule has 0 radical (unpaired) electrons. The monoisotopic (exact) mass is 573 g/mol. The molecular weight excluding hydrogens is 540 g/mol. The van der Waals surface area contributed by atoms with Gasteiger partial charge in [0.05, 0.1) is 22.5 Å². The normalized spacial score (nSPS) is 22.6. The first kappa shape index (κ1) is 27.9. The standard InChI is InChI=1S/C30H34Cl2FN3O3/c1-30(11-12-30)29(39)35-13-9-20(10-14-35)28(38)36-17-23(21-5-8-24(31)25(32)16-21)26(18-36)34(2)27(37)15-19-3-6-22(33)7-4-19/h3-8,16,20,23,26H,9-15,17-18H2,1-2H3. The number of likely N-dealkylation sites (tertiary alicyclic amines) is 2. The highest BCUT2D eigenvalue weighted by Gasteiger charge is 2.48. The summed E-state index contributed by atoms with van der Waals surface area (Å²) in [6.45, 7) is 4.11. The van der Waals surface area contributed by atoms with Crippen molar-refractivity contribution in [2.24, 2.45) is 11.3 Å². The zero-order valence-corrected chi connectivity index (χ0v) is 23.8. The molecule has 2 unspecified atom stereocenters. The SMILES string of the molecule is CN(C(=O)Cc1ccc(F)cc1)C1CN(C(=O)C2CCN(C(=O)C3(C)CC3)CC2)CC1c1ccc(Cl)c(Cl)c1. The number of hydrogen-bond acceptors (Lipinski definition) is 3. The Labute approximate surface area is 239 Å². The van der Waals surface area contributed by atoms with Crippen LogP contribution in [0.15, 0.2) is 42.5 Å². The Balaban J connectivity index is 1.30. The fourth-order valence-corrected chi connectivity index (χ4v) is 6.19. The summed E-state index contributed by atoms with van der Waals surface area (Å²) in [7, 11) is 1.76. The summed E-state index contributed by atoms with van der Waals surface area (Å²) in [5, 5.41) is 0.879. The van der Waals surface area contributed by atoms with Crippen LogP contribution in [0, 0.1) is 17.2 Å². The molecule has 2 aliphatic heterocycles. The van der Waals surface area contributed by atoms with E-state index in [-0.39, 0.29) is 53.3 Å². The second kappa shape index (κ2) is 11.1. The summed E-state index contributed by atoms with van der Waals surface area (Å²) in [5.74, 6) is -0.438. The van der Waals surface area contributed by atoms with Crippen molar-refractivity contribution in [1.82, 2.24) is 14.7 Å². The molecule has 1 saturated carbocycles. The van der Waals surface area contributed by atoms with Crippen molar-refractivity contribution in [3.63, 3.8) is 0 Å². The number of rotatable bonds is 6. The Morgan fingerprint density at radius 1 is 0.974 bits per heavy atom. The van der Waals surface area contributed by atoms with E-state index in [9.17, 15) is 18.8 Å². The van der Waals surface area contributed by atoms with Gasteiger partial charge in [0, 0.05) is 50.5 Å². The number of carbonyl (C=O) groups is 3. The minimum absolute atomic E-state index is 0.0756. The number of likely N-dealkylation sites (N-methyl/N-ethyl adjacent to an activating group) is 1. The smallest absolute Gasteiger partial charge is 0.228 e. The van der Waals surface area contributed by atoms with Crippen LogP contribution in [0.25, 0.3) is 0 Å². The maximum absolute atomic E-state index is 13.7. The summed E-state index contributed by atoms with van der Waals surface area (Å²) in [6, 6.07) is 11.1. The van der Waals surface area contributed by atoms with Crippen molar-refractivity contribution in [1.29, 1.82) is 0 Å². The van der Waals surface area contributed by atoms with E-state index in [2.05, 4.69) is 0 Å². The predicted octanol–water partition coefficient (Wildman–Crippen LogP) is 5.17. The molecule has 2 aromatic rings.